The third-order valence-electron chi connectivity index (χ3n) is 5.08. The quantitative estimate of drug-likeness (QED) is 0.718. The first-order valence-electron chi connectivity index (χ1n) is 9.74. The molecule has 4 nitrogen and oxygen atoms in total. The van der Waals surface area contributed by atoms with Crippen LogP contribution in [0.1, 0.15) is 31.4 Å². The van der Waals surface area contributed by atoms with Crippen molar-refractivity contribution in [2.75, 3.05) is 26.2 Å². The highest BCUT2D eigenvalue weighted by Crippen LogP contribution is 2.27. The Balaban J connectivity index is 0.00000300. The van der Waals surface area contributed by atoms with Crippen LogP contribution in [0.15, 0.2) is 48.5 Å². The van der Waals surface area contributed by atoms with Gasteiger partial charge in [0.15, 0.2) is 11.6 Å². The average molecular weight is 425 g/mol. The molecular weight excluding hydrogens is 398 g/mol. The summed E-state index contributed by atoms with van der Waals surface area (Å²) >= 11 is 0. The summed E-state index contributed by atoms with van der Waals surface area (Å²) in [6.45, 7) is 5.32. The number of halogens is 3. The van der Waals surface area contributed by atoms with E-state index in [1.165, 1.54) is 6.07 Å². The van der Waals surface area contributed by atoms with Gasteiger partial charge in [0.05, 0.1) is 0 Å². The highest BCUT2D eigenvalue weighted by atomic mass is 35.5. The van der Waals surface area contributed by atoms with Gasteiger partial charge >= 0.3 is 0 Å². The Morgan fingerprint density at radius 3 is 2.45 bits per heavy atom. The SMILES string of the molecule is CCNCC1CCN(C(=O)C(Oc2ccc(F)c(F)c2)c2ccccc2)CC1.Cl. The van der Waals surface area contributed by atoms with Gasteiger partial charge in [0.2, 0.25) is 6.10 Å². The molecule has 0 saturated carbocycles. The third-order valence-corrected chi connectivity index (χ3v) is 5.08. The number of rotatable bonds is 7. The molecule has 1 aliphatic rings. The number of hydrogen-bond donors (Lipinski definition) is 1. The number of piperidine rings is 1. The van der Waals surface area contributed by atoms with Crippen molar-refractivity contribution in [3.05, 3.63) is 65.7 Å². The first-order chi connectivity index (χ1) is 13.6. The Bertz CT molecular complexity index is 784. The molecule has 29 heavy (non-hydrogen) atoms. The monoisotopic (exact) mass is 424 g/mol. The van der Waals surface area contributed by atoms with E-state index in [9.17, 15) is 13.6 Å². The summed E-state index contributed by atoms with van der Waals surface area (Å²) in [7, 11) is 0. The van der Waals surface area contributed by atoms with Gasteiger partial charge in [-0.15, -0.1) is 12.4 Å². The van der Waals surface area contributed by atoms with Crippen molar-refractivity contribution in [2.24, 2.45) is 5.92 Å². The van der Waals surface area contributed by atoms with Crippen LogP contribution in [0.3, 0.4) is 0 Å². The smallest absolute Gasteiger partial charge is 0.268 e. The van der Waals surface area contributed by atoms with Crippen molar-refractivity contribution in [3.63, 3.8) is 0 Å². The number of carbonyl (C=O) groups excluding carboxylic acids is 1. The van der Waals surface area contributed by atoms with Gasteiger partial charge in [0, 0.05) is 24.7 Å². The fourth-order valence-electron chi connectivity index (χ4n) is 3.45. The Labute approximate surface area is 176 Å². The number of amides is 1. The van der Waals surface area contributed by atoms with Crippen molar-refractivity contribution in [2.45, 2.75) is 25.9 Å². The second-order valence-corrected chi connectivity index (χ2v) is 7.06. The molecular formula is C22H27ClF2N2O2. The van der Waals surface area contributed by atoms with Crippen LogP contribution >= 0.6 is 12.4 Å². The molecule has 1 aliphatic heterocycles. The Morgan fingerprint density at radius 1 is 1.14 bits per heavy atom. The second kappa shape index (κ2) is 11.1. The summed E-state index contributed by atoms with van der Waals surface area (Å²) in [5.41, 5.74) is 0.687. The van der Waals surface area contributed by atoms with Crippen molar-refractivity contribution >= 4 is 18.3 Å². The molecule has 158 valence electrons. The molecule has 1 N–H and O–H groups in total. The van der Waals surface area contributed by atoms with Gasteiger partial charge in [-0.25, -0.2) is 8.78 Å². The van der Waals surface area contributed by atoms with Gasteiger partial charge in [-0.2, -0.15) is 0 Å². The van der Waals surface area contributed by atoms with Gasteiger partial charge in [-0.1, -0.05) is 37.3 Å². The van der Waals surface area contributed by atoms with Crippen LogP contribution in [0.25, 0.3) is 0 Å². The van der Waals surface area contributed by atoms with Crippen LogP contribution in [0.5, 0.6) is 5.75 Å². The fraction of sp³-hybridized carbons (Fsp3) is 0.409. The normalized spacial score (nSPS) is 15.5. The number of carbonyl (C=O) groups is 1. The first kappa shape index (κ1) is 23.1. The summed E-state index contributed by atoms with van der Waals surface area (Å²) in [5.74, 6) is -1.41. The van der Waals surface area contributed by atoms with E-state index < -0.39 is 17.7 Å². The van der Waals surface area contributed by atoms with Crippen molar-refractivity contribution < 1.29 is 18.3 Å². The lowest BCUT2D eigenvalue weighted by atomic mass is 9.96. The number of likely N-dealkylation sites (tertiary alicyclic amines) is 1. The minimum atomic E-state index is -0.999. The standard InChI is InChI=1S/C22H26F2N2O2.ClH/c1-2-25-15-16-10-12-26(13-11-16)22(27)21(17-6-4-3-5-7-17)28-18-8-9-19(23)20(24)14-18;/h3-9,14,16,21,25H,2,10-13,15H2,1H3;1H. The van der Waals surface area contributed by atoms with Gasteiger partial charge in [0.25, 0.3) is 5.91 Å². The molecule has 3 rings (SSSR count). The predicted octanol–water partition coefficient (Wildman–Crippen LogP) is 4.35. The number of benzene rings is 2. The summed E-state index contributed by atoms with van der Waals surface area (Å²) < 4.78 is 32.6. The van der Waals surface area contributed by atoms with Crippen molar-refractivity contribution in [3.8, 4) is 5.75 Å². The first-order valence-corrected chi connectivity index (χ1v) is 9.74. The van der Waals surface area contributed by atoms with E-state index in [1.807, 2.05) is 18.2 Å². The molecule has 0 bridgehead atoms. The van der Waals surface area contributed by atoms with E-state index >= 15 is 0 Å². The van der Waals surface area contributed by atoms with E-state index in [-0.39, 0.29) is 24.1 Å². The van der Waals surface area contributed by atoms with E-state index in [2.05, 4.69) is 12.2 Å². The topological polar surface area (TPSA) is 41.6 Å². The van der Waals surface area contributed by atoms with Crippen LogP contribution in [0.4, 0.5) is 8.78 Å². The van der Waals surface area contributed by atoms with Crippen LogP contribution in [0.2, 0.25) is 0 Å². The Morgan fingerprint density at radius 2 is 1.83 bits per heavy atom. The maximum Gasteiger partial charge on any atom is 0.268 e. The molecule has 1 atom stereocenters. The van der Waals surface area contributed by atoms with Gasteiger partial charge in [-0.3, -0.25) is 4.79 Å². The zero-order chi connectivity index (χ0) is 19.9. The number of hydrogen-bond acceptors (Lipinski definition) is 3. The predicted molar refractivity (Wildman–Crippen MR) is 111 cm³/mol. The zero-order valence-corrected chi connectivity index (χ0v) is 17.3. The van der Waals surface area contributed by atoms with Crippen LogP contribution in [-0.2, 0) is 4.79 Å². The number of ether oxygens (including phenoxy) is 1. The lowest BCUT2D eigenvalue weighted by molar-refractivity contribution is -0.140. The minimum absolute atomic E-state index is 0. The minimum Gasteiger partial charge on any atom is -0.476 e. The van der Waals surface area contributed by atoms with Gasteiger partial charge < -0.3 is 15.0 Å². The zero-order valence-electron chi connectivity index (χ0n) is 16.4. The molecule has 2 aromatic rings. The highest BCUT2D eigenvalue weighted by Gasteiger charge is 2.31. The average Bonchev–Trinajstić information content (AvgIpc) is 2.73. The molecule has 0 aromatic heterocycles. The lowest BCUT2D eigenvalue weighted by Gasteiger charge is -2.34. The van der Waals surface area contributed by atoms with E-state index in [0.29, 0.717) is 24.6 Å². The van der Waals surface area contributed by atoms with Crippen molar-refractivity contribution in [1.29, 1.82) is 0 Å². The molecule has 2 aromatic carbocycles. The molecule has 1 saturated heterocycles. The molecule has 1 amide bonds. The van der Waals surface area contributed by atoms with Gasteiger partial charge in [0.1, 0.15) is 5.75 Å². The van der Waals surface area contributed by atoms with Gasteiger partial charge in [-0.05, 0) is 44.0 Å². The third kappa shape index (κ3) is 6.15. The molecule has 1 heterocycles. The summed E-state index contributed by atoms with van der Waals surface area (Å²) in [5, 5.41) is 3.36. The largest absolute Gasteiger partial charge is 0.476 e. The van der Waals surface area contributed by atoms with Crippen molar-refractivity contribution in [1.82, 2.24) is 10.2 Å². The lowest BCUT2D eigenvalue weighted by Crippen LogP contribution is -2.44. The Kier molecular flexibility index (Phi) is 8.86. The van der Waals surface area contributed by atoms with Crippen LogP contribution < -0.4 is 10.1 Å². The van der Waals surface area contributed by atoms with Crippen LogP contribution in [-0.4, -0.2) is 37.0 Å². The number of nitrogens with one attached hydrogen (secondary N) is 1. The highest BCUT2D eigenvalue weighted by molar-refractivity contribution is 5.85. The molecule has 0 radical (unpaired) electrons. The van der Waals surface area contributed by atoms with E-state index in [4.69, 9.17) is 4.74 Å². The summed E-state index contributed by atoms with van der Waals surface area (Å²) in [6.07, 6.45) is 0.980. The molecule has 1 fully saturated rings. The fourth-order valence-corrected chi connectivity index (χ4v) is 3.45. The maximum absolute atomic E-state index is 13.6. The summed E-state index contributed by atoms with van der Waals surface area (Å²) in [6, 6.07) is 12.4. The number of nitrogens with zero attached hydrogens (tertiary/aromatic N) is 1. The van der Waals surface area contributed by atoms with E-state index in [0.717, 1.165) is 38.1 Å². The molecule has 1 unspecified atom stereocenters. The second-order valence-electron chi connectivity index (χ2n) is 7.06. The van der Waals surface area contributed by atoms with E-state index in [1.54, 1.807) is 17.0 Å². The molecule has 0 aliphatic carbocycles. The summed E-state index contributed by atoms with van der Waals surface area (Å²) in [4.78, 5) is 15.0. The molecule has 0 spiro atoms. The maximum atomic E-state index is 13.6. The van der Waals surface area contributed by atoms with Crippen LogP contribution in [0, 0.1) is 17.6 Å². The Hall–Kier alpha value is -2.18. The molecule has 7 heteroatoms.